The fourth-order valence-corrected chi connectivity index (χ4v) is 1.59. The first-order chi connectivity index (χ1) is 5.85. The Labute approximate surface area is 77.2 Å². The molecule has 0 aliphatic carbocycles. The highest BCUT2D eigenvalue weighted by atomic mass is 16.2. The number of aliphatic hydroxyl groups excluding tert-OH is 1. The number of hydrogen-bond acceptors (Lipinski definition) is 1. The number of aliphatic hydroxyl groups is 1. The summed E-state index contributed by atoms with van der Waals surface area (Å²) in [4.78, 5) is 0. The molecule has 0 heterocycles. The van der Waals surface area contributed by atoms with Crippen molar-refractivity contribution in [1.82, 2.24) is 0 Å². The van der Waals surface area contributed by atoms with Crippen LogP contribution in [0.25, 0.3) is 0 Å². The molecule has 0 radical (unpaired) electrons. The van der Waals surface area contributed by atoms with E-state index in [1.807, 2.05) is 0 Å². The Morgan fingerprint density at radius 1 is 1.00 bits per heavy atom. The first kappa shape index (κ1) is 12.0. The Morgan fingerprint density at radius 2 is 1.67 bits per heavy atom. The monoisotopic (exact) mass is 172 g/mol. The van der Waals surface area contributed by atoms with Crippen molar-refractivity contribution in [1.29, 1.82) is 0 Å². The van der Waals surface area contributed by atoms with Crippen LogP contribution < -0.4 is 0 Å². The minimum absolute atomic E-state index is 0.365. The maximum Gasteiger partial charge on any atom is 0.0431 e. The van der Waals surface area contributed by atoms with Gasteiger partial charge in [-0.05, 0) is 12.3 Å². The molecule has 0 aromatic carbocycles. The van der Waals surface area contributed by atoms with Crippen LogP contribution in [0.15, 0.2) is 0 Å². The molecule has 1 atom stereocenters. The van der Waals surface area contributed by atoms with Crippen molar-refractivity contribution in [2.75, 3.05) is 6.61 Å². The third kappa shape index (κ3) is 6.66. The third-order valence-electron chi connectivity index (χ3n) is 2.56. The van der Waals surface area contributed by atoms with Crippen LogP contribution in [0.5, 0.6) is 0 Å². The van der Waals surface area contributed by atoms with Crippen molar-refractivity contribution in [2.24, 2.45) is 5.92 Å². The average Bonchev–Trinajstić information content (AvgIpc) is 2.11. The molecular weight excluding hydrogens is 148 g/mol. The van der Waals surface area contributed by atoms with Crippen molar-refractivity contribution in [2.45, 2.75) is 58.8 Å². The van der Waals surface area contributed by atoms with Gasteiger partial charge in [-0.25, -0.2) is 0 Å². The van der Waals surface area contributed by atoms with E-state index in [4.69, 9.17) is 5.11 Å². The largest absolute Gasteiger partial charge is 0.396 e. The molecule has 0 spiro atoms. The van der Waals surface area contributed by atoms with Gasteiger partial charge in [-0.3, -0.25) is 0 Å². The zero-order chi connectivity index (χ0) is 9.23. The Hall–Kier alpha value is -0.0400. The molecule has 0 rings (SSSR count). The highest BCUT2D eigenvalue weighted by Crippen LogP contribution is 2.18. The fourth-order valence-electron chi connectivity index (χ4n) is 1.59. The Bertz CT molecular complexity index is 81.1. The Kier molecular flexibility index (Phi) is 9.02. The fraction of sp³-hybridized carbons (Fsp3) is 1.00. The molecule has 0 amide bonds. The van der Waals surface area contributed by atoms with E-state index in [0.717, 1.165) is 12.3 Å². The van der Waals surface area contributed by atoms with Crippen molar-refractivity contribution in [3.8, 4) is 0 Å². The molecule has 0 saturated carbocycles. The lowest BCUT2D eigenvalue weighted by molar-refractivity contribution is 0.275. The summed E-state index contributed by atoms with van der Waals surface area (Å²) < 4.78 is 0. The second-order valence-corrected chi connectivity index (χ2v) is 3.64. The van der Waals surface area contributed by atoms with Crippen LogP contribution in [0, 0.1) is 5.92 Å². The van der Waals surface area contributed by atoms with Gasteiger partial charge in [0, 0.05) is 6.61 Å². The zero-order valence-electron chi connectivity index (χ0n) is 8.68. The smallest absolute Gasteiger partial charge is 0.0431 e. The molecule has 0 aromatic rings. The van der Waals surface area contributed by atoms with Gasteiger partial charge in [0.25, 0.3) is 0 Å². The van der Waals surface area contributed by atoms with Crippen LogP contribution in [0.2, 0.25) is 0 Å². The second-order valence-electron chi connectivity index (χ2n) is 3.64. The van der Waals surface area contributed by atoms with E-state index in [9.17, 15) is 0 Å². The van der Waals surface area contributed by atoms with E-state index in [0.29, 0.717) is 6.61 Å². The van der Waals surface area contributed by atoms with Crippen LogP contribution in [0.4, 0.5) is 0 Å². The number of unbranched alkanes of at least 4 members (excludes halogenated alkanes) is 2. The standard InChI is InChI=1S/C11H24O/c1-3-5-8-11(4-2)9-6-7-10-12/h11-12H,3-10H2,1-2H3. The average molecular weight is 172 g/mol. The Morgan fingerprint density at radius 3 is 2.17 bits per heavy atom. The molecule has 1 unspecified atom stereocenters. The molecule has 12 heavy (non-hydrogen) atoms. The summed E-state index contributed by atoms with van der Waals surface area (Å²) >= 11 is 0. The molecule has 1 heteroatoms. The lowest BCUT2D eigenvalue weighted by atomic mass is 9.94. The maximum absolute atomic E-state index is 8.63. The van der Waals surface area contributed by atoms with Gasteiger partial charge < -0.3 is 5.11 Å². The Balaban J connectivity index is 3.26. The van der Waals surface area contributed by atoms with Gasteiger partial charge in [-0.2, -0.15) is 0 Å². The van der Waals surface area contributed by atoms with Crippen molar-refractivity contribution in [3.63, 3.8) is 0 Å². The van der Waals surface area contributed by atoms with E-state index in [1.54, 1.807) is 0 Å². The van der Waals surface area contributed by atoms with Crippen LogP contribution in [-0.2, 0) is 0 Å². The third-order valence-corrected chi connectivity index (χ3v) is 2.56. The summed E-state index contributed by atoms with van der Waals surface area (Å²) in [6.07, 6.45) is 8.90. The van der Waals surface area contributed by atoms with Gasteiger partial charge in [0.15, 0.2) is 0 Å². The van der Waals surface area contributed by atoms with Crippen molar-refractivity contribution in [3.05, 3.63) is 0 Å². The molecule has 0 aliphatic rings. The number of hydrogen-bond donors (Lipinski definition) is 1. The molecular formula is C11H24O. The normalized spacial score (nSPS) is 13.2. The van der Waals surface area contributed by atoms with Gasteiger partial charge in [0.1, 0.15) is 0 Å². The zero-order valence-corrected chi connectivity index (χ0v) is 8.68. The lowest BCUT2D eigenvalue weighted by Gasteiger charge is -2.13. The molecule has 0 saturated heterocycles. The highest BCUT2D eigenvalue weighted by molar-refractivity contribution is 4.57. The van der Waals surface area contributed by atoms with E-state index in [1.165, 1.54) is 38.5 Å². The molecule has 0 fully saturated rings. The van der Waals surface area contributed by atoms with Crippen LogP contribution in [-0.4, -0.2) is 11.7 Å². The van der Waals surface area contributed by atoms with Crippen LogP contribution >= 0.6 is 0 Å². The summed E-state index contributed by atoms with van der Waals surface area (Å²) in [5.41, 5.74) is 0. The van der Waals surface area contributed by atoms with Gasteiger partial charge in [-0.15, -0.1) is 0 Å². The number of rotatable bonds is 8. The van der Waals surface area contributed by atoms with E-state index >= 15 is 0 Å². The van der Waals surface area contributed by atoms with Crippen molar-refractivity contribution < 1.29 is 5.11 Å². The van der Waals surface area contributed by atoms with E-state index in [-0.39, 0.29) is 0 Å². The second kappa shape index (κ2) is 9.05. The first-order valence-electron chi connectivity index (χ1n) is 5.46. The summed E-state index contributed by atoms with van der Waals surface area (Å²) in [5.74, 6) is 0.913. The minimum atomic E-state index is 0.365. The van der Waals surface area contributed by atoms with Gasteiger partial charge >= 0.3 is 0 Å². The van der Waals surface area contributed by atoms with Crippen LogP contribution in [0.3, 0.4) is 0 Å². The summed E-state index contributed by atoms with van der Waals surface area (Å²) in [7, 11) is 0. The van der Waals surface area contributed by atoms with Crippen LogP contribution in [0.1, 0.15) is 58.8 Å². The molecule has 1 N–H and O–H groups in total. The van der Waals surface area contributed by atoms with E-state index < -0.39 is 0 Å². The minimum Gasteiger partial charge on any atom is -0.396 e. The topological polar surface area (TPSA) is 20.2 Å². The molecule has 0 aromatic heterocycles. The first-order valence-corrected chi connectivity index (χ1v) is 5.46. The predicted molar refractivity (Wildman–Crippen MR) is 54.2 cm³/mol. The summed E-state index contributed by atoms with van der Waals surface area (Å²) in [6.45, 7) is 4.89. The highest BCUT2D eigenvalue weighted by Gasteiger charge is 2.04. The molecule has 0 bridgehead atoms. The summed E-state index contributed by atoms with van der Waals surface area (Å²) in [5, 5.41) is 8.63. The molecule has 74 valence electrons. The molecule has 0 aliphatic heterocycles. The maximum atomic E-state index is 8.63. The molecule has 1 nitrogen and oxygen atoms in total. The summed E-state index contributed by atoms with van der Waals surface area (Å²) in [6, 6.07) is 0. The van der Waals surface area contributed by atoms with Crippen molar-refractivity contribution >= 4 is 0 Å². The van der Waals surface area contributed by atoms with Gasteiger partial charge in [0.05, 0.1) is 0 Å². The van der Waals surface area contributed by atoms with Gasteiger partial charge in [0.2, 0.25) is 0 Å². The SMILES string of the molecule is CCCCC(CC)CCCCO. The quantitative estimate of drug-likeness (QED) is 0.557. The lowest BCUT2D eigenvalue weighted by Crippen LogP contribution is -1.99. The predicted octanol–water partition coefficient (Wildman–Crippen LogP) is 3.37. The van der Waals surface area contributed by atoms with E-state index in [2.05, 4.69) is 13.8 Å². The van der Waals surface area contributed by atoms with Gasteiger partial charge in [-0.1, -0.05) is 52.4 Å².